The number of aryl methyl sites for hydroxylation is 1. The molecule has 130 valence electrons. The molecular weight excluding hydrogens is 334 g/mol. The number of imidazole rings is 1. The fourth-order valence-electron chi connectivity index (χ4n) is 2.86. The number of para-hydroxylation sites is 2. The summed E-state index contributed by atoms with van der Waals surface area (Å²) in [4.78, 5) is 16.1. The number of benzene rings is 2. The average molecular weight is 356 g/mol. The van der Waals surface area contributed by atoms with Crippen molar-refractivity contribution in [1.82, 2.24) is 14.9 Å². The van der Waals surface area contributed by atoms with Crippen LogP contribution in [0.25, 0.3) is 11.0 Å². The molecule has 4 nitrogen and oxygen atoms in total. The van der Waals surface area contributed by atoms with Crippen LogP contribution in [-0.2, 0) is 17.8 Å². The molecule has 0 aliphatic heterocycles. The Morgan fingerprint density at radius 1 is 1.16 bits per heavy atom. The van der Waals surface area contributed by atoms with Crippen molar-refractivity contribution in [2.45, 2.75) is 32.7 Å². The highest BCUT2D eigenvalue weighted by Crippen LogP contribution is 2.20. The van der Waals surface area contributed by atoms with E-state index in [0.29, 0.717) is 13.0 Å². The first-order valence-corrected chi connectivity index (χ1v) is 9.00. The number of hydrogen-bond acceptors (Lipinski definition) is 2. The van der Waals surface area contributed by atoms with Crippen LogP contribution in [0.3, 0.4) is 0 Å². The lowest BCUT2D eigenvalue weighted by Gasteiger charge is -2.10. The summed E-state index contributed by atoms with van der Waals surface area (Å²) in [6.45, 7) is 3.30. The van der Waals surface area contributed by atoms with Crippen molar-refractivity contribution in [3.8, 4) is 0 Å². The minimum absolute atomic E-state index is 0.0923. The van der Waals surface area contributed by atoms with Crippen LogP contribution in [-0.4, -0.2) is 22.0 Å². The number of halogens is 1. The zero-order chi connectivity index (χ0) is 17.6. The molecule has 0 saturated carbocycles. The molecule has 0 unspecified atom stereocenters. The fraction of sp³-hybridized carbons (Fsp3) is 0.300. The predicted molar refractivity (Wildman–Crippen MR) is 102 cm³/mol. The quantitative estimate of drug-likeness (QED) is 0.646. The standard InChI is InChI=1S/C20H22ClN3O/c1-2-20(25)22-13-5-8-19-23-17-6-3-4-7-18(17)24(19)14-15-9-11-16(21)12-10-15/h3-4,6-7,9-12H,2,5,8,13-14H2,1H3,(H,22,25). The van der Waals surface area contributed by atoms with Gasteiger partial charge in [0.2, 0.25) is 5.91 Å². The summed E-state index contributed by atoms with van der Waals surface area (Å²) in [6, 6.07) is 16.1. The van der Waals surface area contributed by atoms with Crippen molar-refractivity contribution in [1.29, 1.82) is 0 Å². The molecule has 25 heavy (non-hydrogen) atoms. The van der Waals surface area contributed by atoms with Gasteiger partial charge >= 0.3 is 0 Å². The number of amides is 1. The van der Waals surface area contributed by atoms with Crippen molar-refractivity contribution < 1.29 is 4.79 Å². The number of carbonyl (C=O) groups excluding carboxylic acids is 1. The highest BCUT2D eigenvalue weighted by Gasteiger charge is 2.11. The van der Waals surface area contributed by atoms with E-state index in [1.165, 1.54) is 5.56 Å². The first-order valence-electron chi connectivity index (χ1n) is 8.62. The van der Waals surface area contributed by atoms with Crippen LogP contribution in [0.4, 0.5) is 0 Å². The van der Waals surface area contributed by atoms with Gasteiger partial charge in [-0.15, -0.1) is 0 Å². The Bertz CT molecular complexity index is 855. The van der Waals surface area contributed by atoms with Crippen molar-refractivity contribution in [2.24, 2.45) is 0 Å². The lowest BCUT2D eigenvalue weighted by molar-refractivity contribution is -0.120. The van der Waals surface area contributed by atoms with E-state index < -0.39 is 0 Å². The van der Waals surface area contributed by atoms with Gasteiger partial charge in [-0.2, -0.15) is 0 Å². The summed E-state index contributed by atoms with van der Waals surface area (Å²) in [5.74, 6) is 1.14. The van der Waals surface area contributed by atoms with Crippen LogP contribution >= 0.6 is 11.6 Å². The monoisotopic (exact) mass is 355 g/mol. The van der Waals surface area contributed by atoms with E-state index in [1.807, 2.05) is 49.4 Å². The molecule has 5 heteroatoms. The third-order valence-electron chi connectivity index (χ3n) is 4.21. The van der Waals surface area contributed by atoms with Gasteiger partial charge in [0.25, 0.3) is 0 Å². The van der Waals surface area contributed by atoms with Crippen molar-refractivity contribution in [3.63, 3.8) is 0 Å². The first-order chi connectivity index (χ1) is 12.2. The fourth-order valence-corrected chi connectivity index (χ4v) is 2.99. The number of carbonyl (C=O) groups is 1. The molecule has 0 atom stereocenters. The van der Waals surface area contributed by atoms with Gasteiger partial charge in [-0.05, 0) is 36.2 Å². The molecule has 3 aromatic rings. The summed E-state index contributed by atoms with van der Waals surface area (Å²) >= 11 is 5.99. The summed E-state index contributed by atoms with van der Waals surface area (Å²) in [5.41, 5.74) is 3.32. The Labute approximate surface area is 152 Å². The molecule has 1 aromatic heterocycles. The summed E-state index contributed by atoms with van der Waals surface area (Å²) < 4.78 is 2.25. The molecule has 0 saturated heterocycles. The topological polar surface area (TPSA) is 46.9 Å². The normalized spacial score (nSPS) is 11.0. The maximum Gasteiger partial charge on any atom is 0.219 e. The van der Waals surface area contributed by atoms with E-state index in [1.54, 1.807) is 0 Å². The van der Waals surface area contributed by atoms with Crippen LogP contribution in [0.1, 0.15) is 31.2 Å². The SMILES string of the molecule is CCC(=O)NCCCc1nc2ccccc2n1Cc1ccc(Cl)cc1. The van der Waals surface area contributed by atoms with Gasteiger partial charge in [0.05, 0.1) is 11.0 Å². The van der Waals surface area contributed by atoms with E-state index in [0.717, 1.165) is 41.3 Å². The molecule has 0 aliphatic carbocycles. The van der Waals surface area contributed by atoms with Gasteiger partial charge in [0, 0.05) is 31.0 Å². The van der Waals surface area contributed by atoms with E-state index in [4.69, 9.17) is 16.6 Å². The minimum atomic E-state index is 0.0923. The van der Waals surface area contributed by atoms with Gasteiger partial charge in [0.1, 0.15) is 5.82 Å². The van der Waals surface area contributed by atoms with Gasteiger partial charge in [0.15, 0.2) is 0 Å². The third kappa shape index (κ3) is 4.40. The lowest BCUT2D eigenvalue weighted by atomic mass is 10.2. The highest BCUT2D eigenvalue weighted by molar-refractivity contribution is 6.30. The van der Waals surface area contributed by atoms with Crippen LogP contribution in [0.15, 0.2) is 48.5 Å². The van der Waals surface area contributed by atoms with Gasteiger partial charge in [-0.25, -0.2) is 4.98 Å². The second-order valence-corrected chi connectivity index (χ2v) is 6.47. The van der Waals surface area contributed by atoms with Gasteiger partial charge < -0.3 is 9.88 Å². The summed E-state index contributed by atoms with van der Waals surface area (Å²) in [7, 11) is 0. The largest absolute Gasteiger partial charge is 0.356 e. The van der Waals surface area contributed by atoms with Gasteiger partial charge in [-0.3, -0.25) is 4.79 Å². The molecule has 0 radical (unpaired) electrons. The van der Waals surface area contributed by atoms with Crippen LogP contribution < -0.4 is 5.32 Å². The predicted octanol–water partition coefficient (Wildman–Crippen LogP) is 4.20. The third-order valence-corrected chi connectivity index (χ3v) is 4.46. The summed E-state index contributed by atoms with van der Waals surface area (Å²) in [5, 5.41) is 3.66. The number of fused-ring (bicyclic) bond motifs is 1. The van der Waals surface area contributed by atoms with E-state index in [9.17, 15) is 4.79 Å². The Morgan fingerprint density at radius 2 is 1.92 bits per heavy atom. The number of aromatic nitrogens is 2. The smallest absolute Gasteiger partial charge is 0.219 e. The Hall–Kier alpha value is -2.33. The maximum absolute atomic E-state index is 11.4. The molecule has 0 aliphatic rings. The Balaban J connectivity index is 1.79. The molecule has 1 amide bonds. The van der Waals surface area contributed by atoms with E-state index in [2.05, 4.69) is 16.0 Å². The minimum Gasteiger partial charge on any atom is -0.356 e. The van der Waals surface area contributed by atoms with Crippen molar-refractivity contribution in [2.75, 3.05) is 6.54 Å². The molecule has 0 bridgehead atoms. The number of rotatable bonds is 7. The zero-order valence-electron chi connectivity index (χ0n) is 14.3. The molecule has 0 spiro atoms. The second kappa shape index (κ2) is 8.17. The zero-order valence-corrected chi connectivity index (χ0v) is 15.1. The van der Waals surface area contributed by atoms with Gasteiger partial charge in [-0.1, -0.05) is 42.8 Å². The summed E-state index contributed by atoms with van der Waals surface area (Å²) in [6.07, 6.45) is 2.22. The van der Waals surface area contributed by atoms with Crippen LogP contribution in [0, 0.1) is 0 Å². The van der Waals surface area contributed by atoms with Crippen LogP contribution in [0.2, 0.25) is 5.02 Å². The van der Waals surface area contributed by atoms with Crippen molar-refractivity contribution in [3.05, 3.63) is 64.9 Å². The van der Waals surface area contributed by atoms with E-state index >= 15 is 0 Å². The highest BCUT2D eigenvalue weighted by atomic mass is 35.5. The molecule has 0 fully saturated rings. The average Bonchev–Trinajstić information content (AvgIpc) is 2.98. The number of hydrogen-bond donors (Lipinski definition) is 1. The molecule has 2 aromatic carbocycles. The second-order valence-electron chi connectivity index (χ2n) is 6.04. The molecule has 1 heterocycles. The lowest BCUT2D eigenvalue weighted by Crippen LogP contribution is -2.23. The Morgan fingerprint density at radius 3 is 2.68 bits per heavy atom. The Kier molecular flexibility index (Phi) is 5.71. The number of nitrogens with one attached hydrogen (secondary N) is 1. The van der Waals surface area contributed by atoms with Crippen LogP contribution in [0.5, 0.6) is 0 Å². The number of nitrogens with zero attached hydrogens (tertiary/aromatic N) is 2. The first kappa shape index (κ1) is 17.5. The molecule has 1 N–H and O–H groups in total. The maximum atomic E-state index is 11.4. The van der Waals surface area contributed by atoms with E-state index in [-0.39, 0.29) is 5.91 Å². The molecule has 3 rings (SSSR count). The van der Waals surface area contributed by atoms with Crippen molar-refractivity contribution >= 4 is 28.5 Å². The molecular formula is C20H22ClN3O.